The standard InChI is InChI=1S/C31H36F2N6O3/c1-40-25-14-24(15-26(17-25)41-2)38(11-5-10-37-12-9-31(32,33)21-37)23-7-8-27-28(16-23)36-29(19-34-27)22-18-35-39(20-22)30-6-3-4-13-42-30/h7-8,14-20,30H,3-6,9-13,21H2,1-2H3/p+1. The molecule has 6 rings (SSSR count). The van der Waals surface area contributed by atoms with Gasteiger partial charge in [-0.15, -0.1) is 0 Å². The molecular weight excluding hydrogens is 542 g/mol. The molecule has 2 aliphatic heterocycles. The number of aromatic nitrogens is 4. The molecule has 0 bridgehead atoms. The second-order valence-corrected chi connectivity index (χ2v) is 11.0. The molecule has 42 heavy (non-hydrogen) atoms. The highest BCUT2D eigenvalue weighted by Gasteiger charge is 2.37. The lowest BCUT2D eigenvalue weighted by atomic mass is 10.1. The zero-order chi connectivity index (χ0) is 29.1. The molecule has 2 saturated heterocycles. The first-order valence-electron chi connectivity index (χ1n) is 14.5. The number of aromatic amines is 1. The quantitative estimate of drug-likeness (QED) is 0.249. The summed E-state index contributed by atoms with van der Waals surface area (Å²) in [7, 11) is 3.24. The van der Waals surface area contributed by atoms with Crippen molar-refractivity contribution in [3.63, 3.8) is 0 Å². The topological polar surface area (TPSA) is 79.6 Å². The van der Waals surface area contributed by atoms with Crippen LogP contribution in [-0.4, -0.2) is 72.9 Å². The second kappa shape index (κ2) is 12.2. The van der Waals surface area contributed by atoms with Crippen molar-refractivity contribution >= 4 is 22.4 Å². The third-order valence-electron chi connectivity index (χ3n) is 8.00. The summed E-state index contributed by atoms with van der Waals surface area (Å²) in [6.07, 6.45) is 9.57. The van der Waals surface area contributed by atoms with Crippen LogP contribution in [0.15, 0.2) is 55.0 Å². The summed E-state index contributed by atoms with van der Waals surface area (Å²) < 4.78 is 46.5. The van der Waals surface area contributed by atoms with E-state index in [1.807, 2.05) is 58.4 Å². The van der Waals surface area contributed by atoms with Crippen molar-refractivity contribution in [2.45, 2.75) is 44.3 Å². The van der Waals surface area contributed by atoms with E-state index in [0.29, 0.717) is 37.6 Å². The lowest BCUT2D eigenvalue weighted by Crippen LogP contribution is -2.43. The molecule has 4 heterocycles. The van der Waals surface area contributed by atoms with E-state index in [1.165, 1.54) is 0 Å². The highest BCUT2D eigenvalue weighted by molar-refractivity contribution is 5.82. The van der Waals surface area contributed by atoms with Gasteiger partial charge in [0.05, 0.1) is 62.1 Å². The van der Waals surface area contributed by atoms with Crippen LogP contribution in [0.1, 0.15) is 38.3 Å². The van der Waals surface area contributed by atoms with E-state index in [1.54, 1.807) is 20.4 Å². The lowest BCUT2D eigenvalue weighted by Gasteiger charge is -2.27. The number of ether oxygens (including phenoxy) is 3. The van der Waals surface area contributed by atoms with Crippen LogP contribution in [-0.2, 0) is 4.74 Å². The van der Waals surface area contributed by atoms with E-state index in [0.717, 1.165) is 59.5 Å². The van der Waals surface area contributed by atoms with Crippen LogP contribution >= 0.6 is 0 Å². The molecule has 11 heteroatoms. The minimum Gasteiger partial charge on any atom is -0.497 e. The molecule has 0 amide bonds. The van der Waals surface area contributed by atoms with E-state index in [-0.39, 0.29) is 19.2 Å². The molecule has 1 atom stereocenters. The molecule has 2 aromatic carbocycles. The number of hydrogen-bond acceptors (Lipinski definition) is 7. The van der Waals surface area contributed by atoms with Gasteiger partial charge in [-0.2, -0.15) is 5.10 Å². The molecule has 2 aromatic heterocycles. The molecule has 2 aliphatic rings. The summed E-state index contributed by atoms with van der Waals surface area (Å²) in [6, 6.07) is 11.7. The smallest absolute Gasteiger partial charge is 0.285 e. The minimum atomic E-state index is -2.60. The number of anilines is 2. The first-order chi connectivity index (χ1) is 20.4. The van der Waals surface area contributed by atoms with Crippen molar-refractivity contribution in [2.75, 3.05) is 51.9 Å². The van der Waals surface area contributed by atoms with Crippen LogP contribution in [0.2, 0.25) is 0 Å². The van der Waals surface area contributed by atoms with Crippen molar-refractivity contribution in [3.8, 4) is 22.8 Å². The summed E-state index contributed by atoms with van der Waals surface area (Å²) in [5.41, 5.74) is 5.02. The van der Waals surface area contributed by atoms with Gasteiger partial charge in [0.1, 0.15) is 11.5 Å². The van der Waals surface area contributed by atoms with Crippen LogP contribution in [0.4, 0.5) is 20.2 Å². The second-order valence-electron chi connectivity index (χ2n) is 11.0. The van der Waals surface area contributed by atoms with Gasteiger partial charge in [-0.1, -0.05) is 4.68 Å². The van der Waals surface area contributed by atoms with E-state index in [2.05, 4.69) is 15.0 Å². The number of nitrogens with one attached hydrogen (secondary N) is 1. The molecule has 0 radical (unpaired) electrons. The van der Waals surface area contributed by atoms with Gasteiger partial charge in [-0.25, -0.2) is 13.8 Å². The molecule has 222 valence electrons. The summed E-state index contributed by atoms with van der Waals surface area (Å²) in [5, 5.41) is 3.29. The zero-order valence-electron chi connectivity index (χ0n) is 24.1. The third-order valence-corrected chi connectivity index (χ3v) is 8.00. The number of hydrogen-bond donors (Lipinski definition) is 1. The SMILES string of the molecule is COc1cc(OC)cc(N(CCCN2CCC(F)(F)C2)c2ccc3ncc(-c4c[nH][n+](C5CCCCO5)c4)nc3c2)c1. The predicted octanol–water partition coefficient (Wildman–Crippen LogP) is 5.50. The Balaban J connectivity index is 1.29. The monoisotopic (exact) mass is 579 g/mol. The van der Waals surface area contributed by atoms with Crippen LogP contribution < -0.4 is 19.1 Å². The number of likely N-dealkylation sites (tertiary alicyclic amines) is 1. The van der Waals surface area contributed by atoms with Gasteiger partial charge in [0.2, 0.25) is 6.20 Å². The molecule has 1 unspecified atom stereocenters. The predicted molar refractivity (Wildman–Crippen MR) is 156 cm³/mol. The largest absolute Gasteiger partial charge is 0.497 e. The van der Waals surface area contributed by atoms with Crippen molar-refractivity contribution in [3.05, 3.63) is 55.0 Å². The summed E-state index contributed by atoms with van der Waals surface area (Å²) in [5.74, 6) is -1.27. The Hall–Kier alpha value is -3.83. The first-order valence-corrected chi connectivity index (χ1v) is 14.5. The van der Waals surface area contributed by atoms with Crippen LogP contribution in [0.25, 0.3) is 22.3 Å². The van der Waals surface area contributed by atoms with Crippen molar-refractivity contribution < 1.29 is 27.7 Å². The van der Waals surface area contributed by atoms with Gasteiger partial charge in [-0.3, -0.25) is 9.88 Å². The molecule has 0 saturated carbocycles. The fraction of sp³-hybridized carbons (Fsp3) is 0.452. The van der Waals surface area contributed by atoms with Gasteiger partial charge in [0, 0.05) is 62.0 Å². The Morgan fingerprint density at radius 2 is 1.93 bits per heavy atom. The van der Waals surface area contributed by atoms with Gasteiger partial charge in [0.15, 0.2) is 0 Å². The maximum atomic E-state index is 13.8. The van der Waals surface area contributed by atoms with Gasteiger partial charge in [-0.05, 0) is 37.5 Å². The highest BCUT2D eigenvalue weighted by atomic mass is 19.3. The Morgan fingerprint density at radius 1 is 1.10 bits per heavy atom. The molecule has 0 spiro atoms. The van der Waals surface area contributed by atoms with Crippen molar-refractivity contribution in [2.24, 2.45) is 0 Å². The molecule has 2 fully saturated rings. The van der Waals surface area contributed by atoms with E-state index >= 15 is 0 Å². The molecule has 4 aromatic rings. The Kier molecular flexibility index (Phi) is 8.21. The van der Waals surface area contributed by atoms with Gasteiger partial charge >= 0.3 is 0 Å². The average Bonchev–Trinajstić information content (AvgIpc) is 3.65. The Labute approximate surface area is 244 Å². The highest BCUT2D eigenvalue weighted by Crippen LogP contribution is 2.35. The van der Waals surface area contributed by atoms with Gasteiger partial charge in [0.25, 0.3) is 12.2 Å². The Morgan fingerprint density at radius 3 is 2.64 bits per heavy atom. The van der Waals surface area contributed by atoms with E-state index in [9.17, 15) is 8.78 Å². The van der Waals surface area contributed by atoms with E-state index in [4.69, 9.17) is 19.2 Å². The number of H-pyrrole nitrogens is 1. The van der Waals surface area contributed by atoms with Gasteiger partial charge < -0.3 is 19.1 Å². The first kappa shape index (κ1) is 28.3. The van der Waals surface area contributed by atoms with Crippen LogP contribution in [0.5, 0.6) is 11.5 Å². The number of rotatable bonds is 10. The zero-order valence-corrected chi connectivity index (χ0v) is 24.1. The summed E-state index contributed by atoms with van der Waals surface area (Å²) in [4.78, 5) is 13.6. The summed E-state index contributed by atoms with van der Waals surface area (Å²) in [6.45, 7) is 2.20. The lowest BCUT2D eigenvalue weighted by molar-refractivity contribution is -0.810. The van der Waals surface area contributed by atoms with Crippen LogP contribution in [0.3, 0.4) is 0 Å². The maximum Gasteiger partial charge on any atom is 0.285 e. The number of nitrogens with zero attached hydrogens (tertiary/aromatic N) is 5. The number of fused-ring (bicyclic) bond motifs is 1. The average molecular weight is 580 g/mol. The van der Waals surface area contributed by atoms with E-state index < -0.39 is 5.92 Å². The normalized spacial score (nSPS) is 18.8. The third kappa shape index (κ3) is 6.32. The number of benzene rings is 2. The Bertz CT molecular complexity index is 1500. The fourth-order valence-corrected chi connectivity index (χ4v) is 5.73. The minimum absolute atomic E-state index is 0.00715. The van der Waals surface area contributed by atoms with Crippen molar-refractivity contribution in [1.29, 1.82) is 0 Å². The molecular formula is C31H37F2N6O3+. The maximum absolute atomic E-state index is 13.8. The number of methoxy groups -OCH3 is 2. The number of halogens is 2. The van der Waals surface area contributed by atoms with Crippen molar-refractivity contribution in [1.82, 2.24) is 20.0 Å². The molecule has 0 aliphatic carbocycles. The number of alkyl halides is 2. The molecule has 9 nitrogen and oxygen atoms in total. The fourth-order valence-electron chi connectivity index (χ4n) is 5.73. The summed E-state index contributed by atoms with van der Waals surface area (Å²) >= 11 is 0. The van der Waals surface area contributed by atoms with Crippen LogP contribution in [0, 0.1) is 0 Å². The molecule has 1 N–H and O–H groups in total.